The van der Waals surface area contributed by atoms with Crippen molar-refractivity contribution in [3.8, 4) is 0 Å². The Morgan fingerprint density at radius 3 is 3.00 bits per heavy atom. The summed E-state index contributed by atoms with van der Waals surface area (Å²) in [5.74, 6) is -0.444. The van der Waals surface area contributed by atoms with Gasteiger partial charge >= 0.3 is 0 Å². The molecular weight excluding hydrogens is 333 g/mol. The standard InChI is InChI=1S/C19H24FN5O/c1-11(2)24-8-6-14-17(10-24)25(23-18(14)21)19(26)13-5-7-22-16-4-3-12(20)9-15(13)16/h3-4,9,11,13,22H,5-8,10H2,1-2H3,(H2,21,23). The molecule has 1 atom stereocenters. The number of carbonyl (C=O) groups excluding carboxylic acids is 1. The molecule has 0 radical (unpaired) electrons. The zero-order valence-corrected chi connectivity index (χ0v) is 15.1. The van der Waals surface area contributed by atoms with Gasteiger partial charge in [-0.2, -0.15) is 0 Å². The Balaban J connectivity index is 1.72. The summed E-state index contributed by atoms with van der Waals surface area (Å²) >= 11 is 0. The van der Waals surface area contributed by atoms with Crippen LogP contribution in [-0.4, -0.2) is 39.7 Å². The molecule has 0 saturated carbocycles. The number of rotatable bonds is 2. The first-order valence-corrected chi connectivity index (χ1v) is 9.13. The van der Waals surface area contributed by atoms with Gasteiger partial charge in [-0.1, -0.05) is 0 Å². The third-order valence-corrected chi connectivity index (χ3v) is 5.50. The van der Waals surface area contributed by atoms with Crippen LogP contribution in [0.3, 0.4) is 0 Å². The van der Waals surface area contributed by atoms with Crippen LogP contribution in [-0.2, 0) is 13.0 Å². The number of fused-ring (bicyclic) bond motifs is 2. The maximum absolute atomic E-state index is 13.8. The Kier molecular flexibility index (Phi) is 4.19. The second kappa shape index (κ2) is 6.39. The van der Waals surface area contributed by atoms with Crippen LogP contribution in [0, 0.1) is 5.82 Å². The third-order valence-electron chi connectivity index (χ3n) is 5.50. The number of nitrogens with two attached hydrogens (primary N) is 1. The summed E-state index contributed by atoms with van der Waals surface area (Å²) in [7, 11) is 0. The molecule has 3 heterocycles. The average Bonchev–Trinajstić information content (AvgIpc) is 2.96. The molecule has 4 rings (SSSR count). The zero-order valence-electron chi connectivity index (χ0n) is 15.1. The van der Waals surface area contributed by atoms with Gasteiger partial charge in [0.25, 0.3) is 5.91 Å². The van der Waals surface area contributed by atoms with Gasteiger partial charge < -0.3 is 11.1 Å². The van der Waals surface area contributed by atoms with E-state index < -0.39 is 5.92 Å². The monoisotopic (exact) mass is 357 g/mol. The van der Waals surface area contributed by atoms with Crippen molar-refractivity contribution >= 4 is 17.4 Å². The van der Waals surface area contributed by atoms with Crippen LogP contribution in [0.25, 0.3) is 0 Å². The topological polar surface area (TPSA) is 76.2 Å². The van der Waals surface area contributed by atoms with Crippen molar-refractivity contribution in [2.24, 2.45) is 0 Å². The van der Waals surface area contributed by atoms with Gasteiger partial charge in [0.05, 0.1) is 11.6 Å². The van der Waals surface area contributed by atoms with Crippen molar-refractivity contribution in [2.45, 2.75) is 45.2 Å². The fourth-order valence-electron chi connectivity index (χ4n) is 3.98. The van der Waals surface area contributed by atoms with Crippen LogP contribution < -0.4 is 11.1 Å². The van der Waals surface area contributed by atoms with Crippen LogP contribution in [0.1, 0.15) is 47.8 Å². The molecule has 6 nitrogen and oxygen atoms in total. The molecular formula is C19H24FN5O. The molecule has 0 amide bonds. The highest BCUT2D eigenvalue weighted by atomic mass is 19.1. The number of benzene rings is 1. The maximum Gasteiger partial charge on any atom is 0.254 e. The van der Waals surface area contributed by atoms with E-state index in [-0.39, 0.29) is 11.7 Å². The lowest BCUT2D eigenvalue weighted by molar-refractivity contribution is 0.0844. The summed E-state index contributed by atoms with van der Waals surface area (Å²) in [5.41, 5.74) is 9.46. The van der Waals surface area contributed by atoms with Crippen LogP contribution in [0.2, 0.25) is 0 Å². The smallest absolute Gasteiger partial charge is 0.254 e. The van der Waals surface area contributed by atoms with E-state index in [0.29, 0.717) is 36.9 Å². The molecule has 1 aromatic heterocycles. The summed E-state index contributed by atoms with van der Waals surface area (Å²) < 4.78 is 15.2. The predicted octanol–water partition coefficient (Wildman–Crippen LogP) is 2.61. The van der Waals surface area contributed by atoms with Gasteiger partial charge in [0, 0.05) is 36.9 Å². The fourth-order valence-corrected chi connectivity index (χ4v) is 3.98. The Bertz CT molecular complexity index is 860. The van der Waals surface area contributed by atoms with Crippen molar-refractivity contribution in [3.05, 3.63) is 40.8 Å². The maximum atomic E-state index is 13.8. The summed E-state index contributed by atoms with van der Waals surface area (Å²) in [6.45, 7) is 6.53. The lowest BCUT2D eigenvalue weighted by Gasteiger charge is -2.31. The van der Waals surface area contributed by atoms with Gasteiger partial charge in [-0.15, -0.1) is 5.10 Å². The van der Waals surface area contributed by atoms with E-state index in [9.17, 15) is 9.18 Å². The van der Waals surface area contributed by atoms with Crippen molar-refractivity contribution < 1.29 is 9.18 Å². The molecule has 7 heteroatoms. The molecule has 1 aromatic carbocycles. The first kappa shape index (κ1) is 17.0. The second-order valence-electron chi connectivity index (χ2n) is 7.37. The van der Waals surface area contributed by atoms with Crippen LogP contribution in [0.15, 0.2) is 18.2 Å². The van der Waals surface area contributed by atoms with Crippen LogP contribution in [0.4, 0.5) is 15.9 Å². The normalized spacial score (nSPS) is 19.8. The van der Waals surface area contributed by atoms with Gasteiger partial charge in [-0.3, -0.25) is 9.69 Å². The Morgan fingerprint density at radius 1 is 1.42 bits per heavy atom. The molecule has 138 valence electrons. The van der Waals surface area contributed by atoms with Crippen molar-refractivity contribution in [1.29, 1.82) is 0 Å². The minimum absolute atomic E-state index is 0.128. The van der Waals surface area contributed by atoms with Gasteiger partial charge in [0.2, 0.25) is 0 Å². The second-order valence-corrected chi connectivity index (χ2v) is 7.37. The van der Waals surface area contributed by atoms with E-state index in [1.807, 2.05) is 0 Å². The van der Waals surface area contributed by atoms with E-state index in [0.717, 1.165) is 29.9 Å². The van der Waals surface area contributed by atoms with E-state index in [1.54, 1.807) is 6.07 Å². The molecule has 1 unspecified atom stereocenters. The number of carbonyl (C=O) groups is 1. The molecule has 0 bridgehead atoms. The Morgan fingerprint density at radius 2 is 2.23 bits per heavy atom. The minimum atomic E-state index is -0.417. The number of nitrogens with one attached hydrogen (secondary N) is 1. The number of halogens is 1. The van der Waals surface area contributed by atoms with Gasteiger partial charge in [-0.05, 0) is 50.5 Å². The number of anilines is 2. The molecule has 0 spiro atoms. The fraction of sp³-hybridized carbons (Fsp3) is 0.474. The lowest BCUT2D eigenvalue weighted by atomic mass is 9.90. The van der Waals surface area contributed by atoms with Gasteiger partial charge in [0.15, 0.2) is 0 Å². The molecule has 0 fully saturated rings. The Hall–Kier alpha value is -2.41. The number of nitrogen functional groups attached to an aromatic ring is 1. The number of hydrogen-bond donors (Lipinski definition) is 2. The van der Waals surface area contributed by atoms with Crippen molar-refractivity contribution in [2.75, 3.05) is 24.1 Å². The number of hydrogen-bond acceptors (Lipinski definition) is 5. The molecule has 2 aliphatic rings. The summed E-state index contributed by atoms with van der Waals surface area (Å²) in [6, 6.07) is 4.94. The first-order valence-electron chi connectivity index (χ1n) is 9.13. The van der Waals surface area contributed by atoms with Crippen LogP contribution in [0.5, 0.6) is 0 Å². The zero-order chi connectivity index (χ0) is 18.4. The van der Waals surface area contributed by atoms with E-state index >= 15 is 0 Å². The van der Waals surface area contributed by atoms with E-state index in [2.05, 4.69) is 29.2 Å². The van der Waals surface area contributed by atoms with Crippen molar-refractivity contribution in [3.63, 3.8) is 0 Å². The number of nitrogens with zero attached hydrogens (tertiary/aromatic N) is 3. The SMILES string of the molecule is CC(C)N1CCc2c(N)nn(C(=O)C3CCNc4ccc(F)cc43)c2C1. The first-order chi connectivity index (χ1) is 12.5. The molecule has 0 saturated heterocycles. The van der Waals surface area contributed by atoms with Gasteiger partial charge in [0.1, 0.15) is 11.6 Å². The van der Waals surface area contributed by atoms with E-state index in [1.165, 1.54) is 16.8 Å². The average molecular weight is 357 g/mol. The molecule has 3 N–H and O–H groups in total. The highest BCUT2D eigenvalue weighted by molar-refractivity contribution is 5.89. The largest absolute Gasteiger partial charge is 0.385 e. The van der Waals surface area contributed by atoms with E-state index in [4.69, 9.17) is 5.73 Å². The highest BCUT2D eigenvalue weighted by Crippen LogP contribution is 2.35. The molecule has 0 aliphatic carbocycles. The predicted molar refractivity (Wildman–Crippen MR) is 98.8 cm³/mol. The lowest BCUT2D eigenvalue weighted by Crippen LogP contribution is -2.38. The summed E-state index contributed by atoms with van der Waals surface area (Å²) in [5, 5.41) is 7.59. The molecule has 2 aliphatic heterocycles. The Labute approximate surface area is 152 Å². The molecule has 26 heavy (non-hydrogen) atoms. The van der Waals surface area contributed by atoms with Crippen molar-refractivity contribution in [1.82, 2.24) is 14.7 Å². The highest BCUT2D eigenvalue weighted by Gasteiger charge is 2.33. The minimum Gasteiger partial charge on any atom is -0.385 e. The quantitative estimate of drug-likeness (QED) is 0.864. The van der Waals surface area contributed by atoms with Crippen LogP contribution >= 0.6 is 0 Å². The number of aromatic nitrogens is 2. The third kappa shape index (κ3) is 2.76. The van der Waals surface area contributed by atoms with Gasteiger partial charge in [-0.25, -0.2) is 9.07 Å². The summed E-state index contributed by atoms with van der Waals surface area (Å²) in [4.78, 5) is 15.6. The molecule has 2 aromatic rings. The summed E-state index contributed by atoms with van der Waals surface area (Å²) in [6.07, 6.45) is 1.40.